The van der Waals surface area contributed by atoms with Crippen LogP contribution in [0.1, 0.15) is 144 Å². The van der Waals surface area contributed by atoms with Crippen LogP contribution in [0.2, 0.25) is 16.6 Å². The lowest BCUT2D eigenvalue weighted by atomic mass is 9.90. The molecule has 0 amide bonds. The van der Waals surface area contributed by atoms with Crippen LogP contribution in [0.3, 0.4) is 0 Å². The molecule has 0 saturated carbocycles. The summed E-state index contributed by atoms with van der Waals surface area (Å²) in [6, 6.07) is 7.17. The van der Waals surface area contributed by atoms with E-state index >= 15 is 0 Å². The normalized spacial score (nSPS) is 12.3. The van der Waals surface area contributed by atoms with Gasteiger partial charge in [-0.3, -0.25) is 28.3 Å². The maximum absolute atomic E-state index is 13.9. The van der Waals surface area contributed by atoms with Gasteiger partial charge in [0.2, 0.25) is 0 Å². The Bertz CT molecular complexity index is 2310. The molecule has 0 fully saturated rings. The zero-order valence-electron chi connectivity index (χ0n) is 34.0. The van der Waals surface area contributed by atoms with Gasteiger partial charge in [0, 0.05) is 45.8 Å². The predicted molar refractivity (Wildman–Crippen MR) is 233 cm³/mol. The van der Waals surface area contributed by atoms with Gasteiger partial charge < -0.3 is 0 Å². The lowest BCUT2D eigenvalue weighted by molar-refractivity contribution is 0.547. The van der Waals surface area contributed by atoms with E-state index in [1.807, 2.05) is 12.1 Å². The van der Waals surface area contributed by atoms with E-state index in [9.17, 15) is 19.2 Å². The molecule has 286 valence electrons. The Labute approximate surface area is 322 Å². The largest absolute Gasteiger partial charge is 0.274 e. The maximum Gasteiger partial charge on any atom is 0.261 e. The van der Waals surface area contributed by atoms with Gasteiger partial charge in [-0.25, -0.2) is 0 Å². The van der Waals surface area contributed by atoms with Crippen LogP contribution in [-0.4, -0.2) is 17.2 Å². The topological polar surface area (TPSA) is 78.1 Å². The van der Waals surface area contributed by atoms with Crippen LogP contribution in [0, 0.1) is 23.8 Å². The number of aromatic nitrogens is 2. The highest BCUT2D eigenvalue weighted by atomic mass is 28.3. The maximum atomic E-state index is 13.9. The van der Waals surface area contributed by atoms with E-state index in [-0.39, 0.29) is 22.2 Å². The van der Waals surface area contributed by atoms with E-state index in [1.54, 1.807) is 12.1 Å². The second-order valence-electron chi connectivity index (χ2n) is 16.5. The zero-order valence-corrected chi connectivity index (χ0v) is 35.0. The van der Waals surface area contributed by atoms with Crippen molar-refractivity contribution in [3.63, 3.8) is 0 Å². The van der Waals surface area contributed by atoms with Gasteiger partial charge in [-0.15, -0.1) is 12.0 Å². The summed E-state index contributed by atoms with van der Waals surface area (Å²) >= 11 is 0. The third-order valence-electron chi connectivity index (χ3n) is 12.2. The van der Waals surface area contributed by atoms with Crippen molar-refractivity contribution < 1.29 is 0 Å². The highest BCUT2D eigenvalue weighted by Gasteiger charge is 2.41. The lowest BCUT2D eigenvalue weighted by Crippen LogP contribution is -2.43. The Hall–Kier alpha value is -4.20. The van der Waals surface area contributed by atoms with Crippen molar-refractivity contribution in [1.29, 1.82) is 0 Å². The van der Waals surface area contributed by atoms with Gasteiger partial charge in [0.25, 0.3) is 22.2 Å². The molecule has 54 heavy (non-hydrogen) atoms. The highest BCUT2D eigenvalue weighted by Crippen LogP contribution is 2.42. The molecular formula is C47H60N2O4Si. The number of unbranched alkanes of at least 4 members (excludes halogenated alkanes) is 10. The van der Waals surface area contributed by atoms with Crippen molar-refractivity contribution in [2.75, 3.05) is 0 Å². The van der Waals surface area contributed by atoms with Gasteiger partial charge in [0.15, 0.2) is 0 Å². The Balaban J connectivity index is 1.80. The molecule has 0 radical (unpaired) electrons. The molecule has 0 aliphatic heterocycles. The van der Waals surface area contributed by atoms with Crippen molar-refractivity contribution >= 4 is 51.2 Å². The number of rotatable bonds is 17. The summed E-state index contributed by atoms with van der Waals surface area (Å²) in [5.74, 6) is 6.55. The fourth-order valence-electron chi connectivity index (χ4n) is 9.19. The first kappa shape index (κ1) is 41.0. The first-order valence-electron chi connectivity index (χ1n) is 20.7. The second kappa shape index (κ2) is 17.5. The van der Waals surface area contributed by atoms with Crippen LogP contribution in [0.5, 0.6) is 0 Å². The Morgan fingerprint density at radius 3 is 1.13 bits per heavy atom. The number of hydrogen-bond donors (Lipinski definition) is 0. The summed E-state index contributed by atoms with van der Waals surface area (Å²) in [4.78, 5) is 55.5. The molecule has 5 aromatic rings. The molecule has 7 heteroatoms. The smallest absolute Gasteiger partial charge is 0.261 e. The highest BCUT2D eigenvalue weighted by molar-refractivity contribution is 6.90. The van der Waals surface area contributed by atoms with Crippen LogP contribution in [0.4, 0.5) is 0 Å². The van der Waals surface area contributed by atoms with Crippen molar-refractivity contribution in [3.8, 4) is 23.8 Å². The third kappa shape index (κ3) is 7.54. The molecule has 0 N–H and O–H groups in total. The Morgan fingerprint density at radius 1 is 0.500 bits per heavy atom. The summed E-state index contributed by atoms with van der Waals surface area (Å²) in [6.45, 7) is 18.7. The molecule has 6 nitrogen and oxygen atoms in total. The minimum atomic E-state index is -2.23. The molecule has 0 aliphatic carbocycles. The van der Waals surface area contributed by atoms with Crippen LogP contribution < -0.4 is 22.2 Å². The van der Waals surface area contributed by atoms with Crippen molar-refractivity contribution in [3.05, 3.63) is 76.8 Å². The fourth-order valence-corrected chi connectivity index (χ4v) is 14.4. The van der Waals surface area contributed by atoms with E-state index in [4.69, 9.17) is 6.42 Å². The molecule has 3 aromatic carbocycles. The van der Waals surface area contributed by atoms with Gasteiger partial charge in [0.1, 0.15) is 8.07 Å². The Kier molecular flexibility index (Phi) is 13.3. The minimum Gasteiger partial charge on any atom is -0.274 e. The molecule has 0 saturated heterocycles. The molecule has 2 aromatic heterocycles. The first-order chi connectivity index (χ1) is 25.8. The van der Waals surface area contributed by atoms with E-state index < -0.39 is 8.07 Å². The molecule has 0 atom stereocenters. The second-order valence-corrected chi connectivity index (χ2v) is 22.1. The summed E-state index contributed by atoms with van der Waals surface area (Å²) in [7, 11) is -2.23. The van der Waals surface area contributed by atoms with Gasteiger partial charge in [-0.2, -0.15) is 0 Å². The first-order valence-corrected chi connectivity index (χ1v) is 22.9. The van der Waals surface area contributed by atoms with Crippen molar-refractivity contribution in [2.24, 2.45) is 0 Å². The summed E-state index contributed by atoms with van der Waals surface area (Å²) in [5, 5.41) is 4.13. The van der Waals surface area contributed by atoms with Gasteiger partial charge >= 0.3 is 0 Å². The molecule has 0 unspecified atom stereocenters. The number of terminal acetylenes is 1. The molecular weight excluding hydrogens is 685 g/mol. The van der Waals surface area contributed by atoms with E-state index in [0.717, 1.165) is 64.2 Å². The van der Waals surface area contributed by atoms with Crippen LogP contribution in [-0.2, 0) is 13.1 Å². The molecule has 0 bridgehead atoms. The van der Waals surface area contributed by atoms with Crippen molar-refractivity contribution in [1.82, 2.24) is 9.13 Å². The van der Waals surface area contributed by atoms with E-state index in [2.05, 4.69) is 72.8 Å². The van der Waals surface area contributed by atoms with Crippen molar-refractivity contribution in [2.45, 2.75) is 162 Å². The van der Waals surface area contributed by atoms with Crippen LogP contribution >= 0.6 is 0 Å². The third-order valence-corrected chi connectivity index (χ3v) is 18.5. The Morgan fingerprint density at radius 2 is 0.815 bits per heavy atom. The van der Waals surface area contributed by atoms with E-state index in [0.29, 0.717) is 83.9 Å². The standard InChI is InChI=1S/C47H60N2O4Si/c1-10-13-15-17-19-21-24-48-44(50)40-27-36-34(12-3)37-28-41-43(47(53)49(45(41)51)25-22-20-18-16-14-11-2)30-39(37)35(38(36)29-42(40)46(48)52)23-26-54(31(4)5,32(6)7)33(8)9/h3,27-33H,10-11,13-22,24-25H2,1-2,4-9H3. The number of nitrogens with zero attached hydrogens (tertiary/aromatic N) is 2. The summed E-state index contributed by atoms with van der Waals surface area (Å²) < 4.78 is 2.75. The summed E-state index contributed by atoms with van der Waals surface area (Å²) in [5.41, 5.74) is 5.05. The fraction of sp³-hybridized carbons (Fsp3) is 0.532. The SMILES string of the molecule is C#Cc1c2cc3c(=O)n(CCCCCCCC)c(=O)c3cc2c(C#C[Si](C(C)C)(C(C)C)C(C)C)c2cc3c(=O)n(CCCCCCCC)c(=O)c3cc12. The minimum absolute atomic E-state index is 0.290. The molecule has 0 aliphatic rings. The molecule has 5 rings (SSSR count). The summed E-state index contributed by atoms with van der Waals surface area (Å²) in [6.07, 6.45) is 18.9. The average Bonchev–Trinajstić information content (AvgIpc) is 3.51. The number of fused-ring (bicyclic) bond motifs is 4. The average molecular weight is 745 g/mol. The quantitative estimate of drug-likeness (QED) is 0.0411. The van der Waals surface area contributed by atoms with Crippen LogP contribution in [0.15, 0.2) is 43.4 Å². The monoisotopic (exact) mass is 744 g/mol. The van der Waals surface area contributed by atoms with Gasteiger partial charge in [-0.1, -0.05) is 131 Å². The number of hydrogen-bond acceptors (Lipinski definition) is 4. The van der Waals surface area contributed by atoms with Crippen LogP contribution in [0.25, 0.3) is 43.1 Å². The van der Waals surface area contributed by atoms with Gasteiger partial charge in [0.05, 0.1) is 21.5 Å². The van der Waals surface area contributed by atoms with Gasteiger partial charge in [-0.05, 0) is 53.7 Å². The zero-order chi connectivity index (χ0) is 39.3. The lowest BCUT2D eigenvalue weighted by Gasteiger charge is -2.38. The van der Waals surface area contributed by atoms with E-state index in [1.165, 1.54) is 22.0 Å². The molecule has 2 heterocycles. The number of benzene rings is 3. The predicted octanol–water partition coefficient (Wildman–Crippen LogP) is 10.5. The molecule has 0 spiro atoms.